The van der Waals surface area contributed by atoms with Crippen molar-refractivity contribution in [2.75, 3.05) is 5.32 Å². The Labute approximate surface area is 169 Å². The third-order valence-corrected chi connectivity index (χ3v) is 4.09. The Morgan fingerprint density at radius 3 is 2.67 bits per heavy atom. The maximum absolute atomic E-state index is 10.1. The summed E-state index contributed by atoms with van der Waals surface area (Å²) < 4.78 is 0. The Bertz CT molecular complexity index is 969. The maximum Gasteiger partial charge on any atom is 0.238 e. The van der Waals surface area contributed by atoms with Crippen LogP contribution in [0.2, 0.25) is 0 Å². The van der Waals surface area contributed by atoms with E-state index in [1.165, 1.54) is 0 Å². The van der Waals surface area contributed by atoms with Crippen molar-refractivity contribution >= 4 is 54.4 Å². The van der Waals surface area contributed by atoms with E-state index in [0.29, 0.717) is 17.5 Å². The minimum absolute atomic E-state index is 0. The molecule has 0 saturated heterocycles. The number of rotatable bonds is 4. The SMILES string of the molecule is C[C@H](Nc1nc(O)c(C=C2C=Nc3ncccc32)[nH]1)c1ccccc1.Cl.Cl. The number of nitrogens with zero attached hydrogens (tertiary/aromatic N) is 3. The van der Waals surface area contributed by atoms with Crippen LogP contribution in [0.1, 0.15) is 29.8 Å². The number of pyridine rings is 1. The van der Waals surface area contributed by atoms with Gasteiger partial charge in [0, 0.05) is 23.5 Å². The third-order valence-electron chi connectivity index (χ3n) is 4.09. The molecule has 140 valence electrons. The molecule has 0 spiro atoms. The summed E-state index contributed by atoms with van der Waals surface area (Å²) in [6.45, 7) is 2.04. The summed E-state index contributed by atoms with van der Waals surface area (Å²) in [5.41, 5.74) is 3.48. The Kier molecular flexibility index (Phi) is 6.60. The van der Waals surface area contributed by atoms with Crippen molar-refractivity contribution < 1.29 is 5.11 Å². The van der Waals surface area contributed by atoms with Gasteiger partial charge in [0.05, 0.1) is 6.04 Å². The number of benzene rings is 1. The fourth-order valence-corrected chi connectivity index (χ4v) is 2.77. The second-order valence-corrected chi connectivity index (χ2v) is 5.83. The van der Waals surface area contributed by atoms with Crippen molar-refractivity contribution in [2.24, 2.45) is 4.99 Å². The molecule has 0 bridgehead atoms. The lowest BCUT2D eigenvalue weighted by atomic mass is 10.1. The number of aromatic hydroxyl groups is 1. The summed E-state index contributed by atoms with van der Waals surface area (Å²) in [5, 5.41) is 13.4. The van der Waals surface area contributed by atoms with Crippen LogP contribution in [0.15, 0.2) is 53.7 Å². The Balaban J connectivity index is 0.00000131. The molecule has 1 aliphatic rings. The van der Waals surface area contributed by atoms with Crippen molar-refractivity contribution in [3.8, 4) is 5.88 Å². The predicted octanol–water partition coefficient (Wildman–Crippen LogP) is 4.78. The van der Waals surface area contributed by atoms with E-state index in [2.05, 4.69) is 25.3 Å². The molecule has 0 radical (unpaired) electrons. The minimum atomic E-state index is -0.0546. The number of aromatic amines is 1. The lowest BCUT2D eigenvalue weighted by molar-refractivity contribution is 0.455. The van der Waals surface area contributed by atoms with Crippen LogP contribution in [-0.2, 0) is 0 Å². The number of hydrogen-bond donors (Lipinski definition) is 3. The van der Waals surface area contributed by atoms with Crippen molar-refractivity contribution in [1.82, 2.24) is 15.0 Å². The summed E-state index contributed by atoms with van der Waals surface area (Å²) in [5.74, 6) is 1.15. The molecule has 4 rings (SSSR count). The van der Waals surface area contributed by atoms with Crippen LogP contribution in [0, 0.1) is 0 Å². The molecule has 1 atom stereocenters. The van der Waals surface area contributed by atoms with Crippen molar-refractivity contribution in [3.63, 3.8) is 0 Å². The van der Waals surface area contributed by atoms with Gasteiger partial charge >= 0.3 is 0 Å². The number of fused-ring (bicyclic) bond motifs is 1. The first-order valence-corrected chi connectivity index (χ1v) is 8.02. The molecular weight excluding hydrogens is 385 g/mol. The van der Waals surface area contributed by atoms with Gasteiger partial charge in [0.25, 0.3) is 0 Å². The fraction of sp³-hybridized carbons (Fsp3) is 0.105. The fourth-order valence-electron chi connectivity index (χ4n) is 2.77. The molecule has 0 unspecified atom stereocenters. The molecule has 1 aliphatic heterocycles. The molecule has 0 saturated carbocycles. The third kappa shape index (κ3) is 4.30. The van der Waals surface area contributed by atoms with Crippen LogP contribution in [0.5, 0.6) is 5.88 Å². The van der Waals surface area contributed by atoms with E-state index < -0.39 is 0 Å². The van der Waals surface area contributed by atoms with Gasteiger partial charge in [-0.3, -0.25) is 0 Å². The highest BCUT2D eigenvalue weighted by Gasteiger charge is 2.15. The number of anilines is 1. The van der Waals surface area contributed by atoms with Crippen molar-refractivity contribution in [3.05, 3.63) is 65.5 Å². The number of aromatic nitrogens is 3. The van der Waals surface area contributed by atoms with Gasteiger partial charge in [-0.25, -0.2) is 9.98 Å². The van der Waals surface area contributed by atoms with Gasteiger partial charge in [-0.2, -0.15) is 4.98 Å². The van der Waals surface area contributed by atoms with E-state index in [1.807, 2.05) is 55.5 Å². The molecule has 6 nitrogen and oxygen atoms in total. The minimum Gasteiger partial charge on any atom is -0.492 e. The first-order valence-electron chi connectivity index (χ1n) is 8.02. The van der Waals surface area contributed by atoms with E-state index in [0.717, 1.165) is 16.7 Å². The summed E-state index contributed by atoms with van der Waals surface area (Å²) in [6.07, 6.45) is 5.26. The summed E-state index contributed by atoms with van der Waals surface area (Å²) in [4.78, 5) is 15.7. The number of H-pyrrole nitrogens is 1. The smallest absolute Gasteiger partial charge is 0.238 e. The van der Waals surface area contributed by atoms with E-state index in [1.54, 1.807) is 12.4 Å². The summed E-state index contributed by atoms with van der Waals surface area (Å²) in [6, 6.07) is 13.9. The van der Waals surface area contributed by atoms with Gasteiger partial charge in [0.15, 0.2) is 5.82 Å². The average Bonchev–Trinajstić information content (AvgIpc) is 3.20. The second kappa shape index (κ2) is 8.70. The number of halogens is 2. The number of imidazole rings is 1. The molecular formula is C19H19Cl2N5O. The monoisotopic (exact) mass is 403 g/mol. The Morgan fingerprint density at radius 2 is 1.89 bits per heavy atom. The molecule has 0 aliphatic carbocycles. The molecule has 8 heteroatoms. The molecule has 0 amide bonds. The van der Waals surface area contributed by atoms with Gasteiger partial charge in [-0.1, -0.05) is 30.3 Å². The molecule has 1 aromatic carbocycles. The van der Waals surface area contributed by atoms with Crippen LogP contribution in [-0.4, -0.2) is 26.3 Å². The quantitative estimate of drug-likeness (QED) is 0.584. The first kappa shape index (κ1) is 20.5. The molecule has 0 fully saturated rings. The number of hydrogen-bond acceptors (Lipinski definition) is 5. The number of nitrogens with one attached hydrogen (secondary N) is 2. The Morgan fingerprint density at radius 1 is 1.11 bits per heavy atom. The highest BCUT2D eigenvalue weighted by atomic mass is 35.5. The largest absolute Gasteiger partial charge is 0.492 e. The van der Waals surface area contributed by atoms with Gasteiger partial charge in [-0.05, 0) is 30.7 Å². The summed E-state index contributed by atoms with van der Waals surface area (Å²) in [7, 11) is 0. The predicted molar refractivity (Wildman–Crippen MR) is 113 cm³/mol. The van der Waals surface area contributed by atoms with Crippen LogP contribution >= 0.6 is 24.8 Å². The second-order valence-electron chi connectivity index (χ2n) is 5.83. The topological polar surface area (TPSA) is 86.2 Å². The lowest BCUT2D eigenvalue weighted by Gasteiger charge is -2.12. The van der Waals surface area contributed by atoms with Gasteiger partial charge in [-0.15, -0.1) is 24.8 Å². The molecule has 27 heavy (non-hydrogen) atoms. The lowest BCUT2D eigenvalue weighted by Crippen LogP contribution is -2.07. The normalized spacial score (nSPS) is 14.2. The number of aliphatic imine (C=N–C) groups is 1. The number of allylic oxidation sites excluding steroid dienone is 1. The highest BCUT2D eigenvalue weighted by Crippen LogP contribution is 2.31. The maximum atomic E-state index is 10.1. The van der Waals surface area contributed by atoms with E-state index in [4.69, 9.17) is 0 Å². The van der Waals surface area contributed by atoms with E-state index in [-0.39, 0.29) is 36.7 Å². The Hall–Kier alpha value is -2.83. The zero-order chi connectivity index (χ0) is 17.2. The van der Waals surface area contributed by atoms with Crippen molar-refractivity contribution in [1.29, 1.82) is 0 Å². The van der Waals surface area contributed by atoms with Crippen molar-refractivity contribution in [2.45, 2.75) is 13.0 Å². The van der Waals surface area contributed by atoms with E-state index in [9.17, 15) is 5.11 Å². The van der Waals surface area contributed by atoms with Crippen LogP contribution in [0.3, 0.4) is 0 Å². The molecule has 3 aromatic rings. The zero-order valence-electron chi connectivity index (χ0n) is 14.5. The van der Waals surface area contributed by atoms with Gasteiger partial charge in [0.2, 0.25) is 11.8 Å². The molecule has 3 heterocycles. The molecule has 2 aromatic heterocycles. The van der Waals surface area contributed by atoms with E-state index >= 15 is 0 Å². The van der Waals surface area contributed by atoms with Gasteiger partial charge in [0.1, 0.15) is 5.69 Å². The zero-order valence-corrected chi connectivity index (χ0v) is 16.1. The first-order chi connectivity index (χ1) is 12.2. The molecule has 3 N–H and O–H groups in total. The standard InChI is InChI=1S/C19H17N5O.2ClH/c1-12(13-6-3-2-4-7-13)22-19-23-16(18(25)24-19)10-14-11-21-17-15(14)8-5-9-20-17;;/h2-12,25H,1H3,(H2,22,23,24);2*1H/t12-;;/m0../s1. The average molecular weight is 404 g/mol. The summed E-state index contributed by atoms with van der Waals surface area (Å²) >= 11 is 0. The van der Waals surface area contributed by atoms with Crippen LogP contribution in [0.25, 0.3) is 11.6 Å². The van der Waals surface area contributed by atoms with Crippen LogP contribution in [0.4, 0.5) is 11.8 Å². The van der Waals surface area contributed by atoms with Gasteiger partial charge < -0.3 is 15.4 Å². The van der Waals surface area contributed by atoms with Crippen LogP contribution < -0.4 is 5.32 Å². The highest BCUT2D eigenvalue weighted by molar-refractivity contribution is 6.20.